The van der Waals surface area contributed by atoms with Crippen LogP contribution in [-0.4, -0.2) is 26.3 Å². The van der Waals surface area contributed by atoms with Crippen molar-refractivity contribution in [2.45, 2.75) is 45.1 Å². The molecule has 0 amide bonds. The van der Waals surface area contributed by atoms with E-state index < -0.39 is 14.4 Å². The number of hydrogen-bond acceptors (Lipinski definition) is 3. The molecule has 0 heterocycles. The zero-order valence-electron chi connectivity index (χ0n) is 15.7. The second-order valence-corrected chi connectivity index (χ2v) is 12.2. The molecular weight excluding hydrogens is 328 g/mol. The van der Waals surface area contributed by atoms with E-state index in [4.69, 9.17) is 9.16 Å². The SMILES string of the molecule is CC(C)(C)[Si@@](C)(COCc1ccccc1)OC[C@@H](O)c1ccccc1. The van der Waals surface area contributed by atoms with Gasteiger partial charge in [-0.15, -0.1) is 0 Å². The predicted molar refractivity (Wildman–Crippen MR) is 105 cm³/mol. The van der Waals surface area contributed by atoms with Crippen molar-refractivity contribution in [1.29, 1.82) is 0 Å². The van der Waals surface area contributed by atoms with Crippen molar-refractivity contribution < 1.29 is 14.3 Å². The Bertz CT molecular complexity index is 625. The molecule has 0 aromatic heterocycles. The van der Waals surface area contributed by atoms with E-state index in [-0.39, 0.29) is 5.04 Å². The fraction of sp³-hybridized carbons (Fsp3) is 0.429. The average molecular weight is 359 g/mol. The maximum atomic E-state index is 10.4. The third kappa shape index (κ3) is 5.78. The van der Waals surface area contributed by atoms with E-state index in [1.807, 2.05) is 48.5 Å². The third-order valence-corrected chi connectivity index (χ3v) is 9.55. The Balaban J connectivity index is 1.94. The highest BCUT2D eigenvalue weighted by atomic mass is 28.4. The molecule has 0 aliphatic carbocycles. The Kier molecular flexibility index (Phi) is 6.96. The normalized spacial score (nSPS) is 15.6. The minimum Gasteiger partial charge on any atom is -0.411 e. The van der Waals surface area contributed by atoms with Crippen LogP contribution < -0.4 is 0 Å². The lowest BCUT2D eigenvalue weighted by Gasteiger charge is -2.39. The monoisotopic (exact) mass is 358 g/mol. The second-order valence-electron chi connectivity index (χ2n) is 7.70. The van der Waals surface area contributed by atoms with Crippen LogP contribution in [0.25, 0.3) is 0 Å². The minimum atomic E-state index is -2.18. The number of rotatable bonds is 8. The number of benzene rings is 2. The molecule has 0 saturated heterocycles. The smallest absolute Gasteiger partial charge is 0.220 e. The summed E-state index contributed by atoms with van der Waals surface area (Å²) < 4.78 is 12.3. The maximum absolute atomic E-state index is 10.4. The molecule has 136 valence electrons. The topological polar surface area (TPSA) is 38.7 Å². The van der Waals surface area contributed by atoms with Crippen molar-refractivity contribution in [2.75, 3.05) is 12.8 Å². The van der Waals surface area contributed by atoms with Crippen molar-refractivity contribution >= 4 is 8.32 Å². The molecule has 1 N–H and O–H groups in total. The van der Waals surface area contributed by atoms with Gasteiger partial charge in [-0.25, -0.2) is 0 Å². The van der Waals surface area contributed by atoms with Gasteiger partial charge in [-0.2, -0.15) is 0 Å². The summed E-state index contributed by atoms with van der Waals surface area (Å²) in [7, 11) is -2.18. The van der Waals surface area contributed by atoms with Gasteiger partial charge in [-0.1, -0.05) is 81.4 Å². The Morgan fingerprint density at radius 3 is 2.08 bits per heavy atom. The van der Waals surface area contributed by atoms with Gasteiger partial charge in [0.2, 0.25) is 8.32 Å². The minimum absolute atomic E-state index is 0.0140. The summed E-state index contributed by atoms with van der Waals surface area (Å²) in [5.74, 6) is 0. The standard InChI is InChI=1S/C21H30O3Si/c1-21(2,3)25(4,17-23-15-18-11-7-5-8-12-18)24-16-20(22)19-13-9-6-10-14-19/h5-14,20,22H,15-17H2,1-4H3/t20-,25-/m1/s1. The first-order valence-electron chi connectivity index (χ1n) is 8.80. The van der Waals surface area contributed by atoms with Crippen molar-refractivity contribution in [3.8, 4) is 0 Å². The first-order valence-corrected chi connectivity index (χ1v) is 11.4. The summed E-state index contributed by atoms with van der Waals surface area (Å²) in [5.41, 5.74) is 2.05. The van der Waals surface area contributed by atoms with Gasteiger partial charge in [0.1, 0.15) is 6.10 Å². The Labute approximate surface area is 152 Å². The van der Waals surface area contributed by atoms with Crippen LogP contribution in [0.4, 0.5) is 0 Å². The van der Waals surface area contributed by atoms with Crippen LogP contribution in [0.3, 0.4) is 0 Å². The van der Waals surface area contributed by atoms with E-state index >= 15 is 0 Å². The molecule has 0 radical (unpaired) electrons. The molecule has 25 heavy (non-hydrogen) atoms. The molecule has 2 rings (SSSR count). The van der Waals surface area contributed by atoms with E-state index in [9.17, 15) is 5.11 Å². The van der Waals surface area contributed by atoms with Crippen LogP contribution >= 0.6 is 0 Å². The summed E-state index contributed by atoms with van der Waals surface area (Å²) in [6.45, 7) is 9.67. The third-order valence-electron chi connectivity index (χ3n) is 4.82. The molecule has 4 heteroatoms. The van der Waals surface area contributed by atoms with Gasteiger partial charge in [-0.05, 0) is 22.7 Å². The molecular formula is C21H30O3Si. The summed E-state index contributed by atoms with van der Waals surface area (Å²) in [5, 5.41) is 10.4. The van der Waals surface area contributed by atoms with Gasteiger partial charge < -0.3 is 14.3 Å². The summed E-state index contributed by atoms with van der Waals surface area (Å²) in [4.78, 5) is 0. The van der Waals surface area contributed by atoms with Crippen LogP contribution in [-0.2, 0) is 15.8 Å². The summed E-state index contributed by atoms with van der Waals surface area (Å²) >= 11 is 0. The fourth-order valence-electron chi connectivity index (χ4n) is 2.45. The highest BCUT2D eigenvalue weighted by molar-refractivity contribution is 6.75. The average Bonchev–Trinajstić information content (AvgIpc) is 2.60. The number of aliphatic hydroxyl groups is 1. The Morgan fingerprint density at radius 2 is 1.52 bits per heavy atom. The van der Waals surface area contributed by atoms with E-state index in [1.54, 1.807) is 0 Å². The number of aliphatic hydroxyl groups excluding tert-OH is 1. The van der Waals surface area contributed by atoms with Gasteiger partial charge in [0.25, 0.3) is 0 Å². The zero-order chi connectivity index (χ0) is 18.3. The summed E-state index contributed by atoms with van der Waals surface area (Å²) in [6.07, 6.45) is -0.00287. The first kappa shape index (κ1) is 19.9. The van der Waals surface area contributed by atoms with Gasteiger partial charge in [0.05, 0.1) is 19.4 Å². The molecule has 0 fully saturated rings. The van der Waals surface area contributed by atoms with Gasteiger partial charge in [0, 0.05) is 0 Å². The predicted octanol–water partition coefficient (Wildman–Crippen LogP) is 4.87. The van der Waals surface area contributed by atoms with Crippen molar-refractivity contribution in [2.24, 2.45) is 0 Å². The van der Waals surface area contributed by atoms with Crippen LogP contribution in [0, 0.1) is 0 Å². The first-order chi connectivity index (χ1) is 11.8. The van der Waals surface area contributed by atoms with Crippen molar-refractivity contribution in [1.82, 2.24) is 0 Å². The molecule has 0 spiro atoms. The fourth-order valence-corrected chi connectivity index (χ4v) is 4.41. The maximum Gasteiger partial charge on any atom is 0.220 e. The van der Waals surface area contributed by atoms with Crippen molar-refractivity contribution in [3.05, 3.63) is 71.8 Å². The lowest BCUT2D eigenvalue weighted by molar-refractivity contribution is 0.0831. The number of ether oxygens (including phenoxy) is 1. The quantitative estimate of drug-likeness (QED) is 0.684. The lowest BCUT2D eigenvalue weighted by Crippen LogP contribution is -2.49. The molecule has 2 atom stereocenters. The molecule has 0 aliphatic heterocycles. The highest BCUT2D eigenvalue weighted by Gasteiger charge is 2.43. The van der Waals surface area contributed by atoms with Gasteiger partial charge in [-0.3, -0.25) is 0 Å². The molecule has 2 aromatic carbocycles. The molecule has 2 aromatic rings. The highest BCUT2D eigenvalue weighted by Crippen LogP contribution is 2.37. The van der Waals surface area contributed by atoms with Crippen LogP contribution in [0.15, 0.2) is 60.7 Å². The molecule has 3 nitrogen and oxygen atoms in total. The second kappa shape index (κ2) is 8.76. The molecule has 0 saturated carbocycles. The molecule has 0 aliphatic rings. The molecule has 0 unspecified atom stereocenters. The van der Waals surface area contributed by atoms with E-state index in [0.29, 0.717) is 19.4 Å². The lowest BCUT2D eigenvalue weighted by atomic mass is 10.1. The largest absolute Gasteiger partial charge is 0.411 e. The summed E-state index contributed by atoms with van der Waals surface area (Å²) in [6, 6.07) is 19.8. The van der Waals surface area contributed by atoms with E-state index in [2.05, 4.69) is 39.5 Å². The van der Waals surface area contributed by atoms with Crippen LogP contribution in [0.2, 0.25) is 11.6 Å². The van der Waals surface area contributed by atoms with Crippen LogP contribution in [0.1, 0.15) is 38.0 Å². The van der Waals surface area contributed by atoms with Crippen LogP contribution in [0.5, 0.6) is 0 Å². The van der Waals surface area contributed by atoms with E-state index in [1.165, 1.54) is 0 Å². The Morgan fingerprint density at radius 1 is 0.960 bits per heavy atom. The van der Waals surface area contributed by atoms with Gasteiger partial charge >= 0.3 is 0 Å². The zero-order valence-corrected chi connectivity index (χ0v) is 16.7. The van der Waals surface area contributed by atoms with Crippen molar-refractivity contribution in [3.63, 3.8) is 0 Å². The van der Waals surface area contributed by atoms with E-state index in [0.717, 1.165) is 11.1 Å². The van der Waals surface area contributed by atoms with Gasteiger partial charge in [0.15, 0.2) is 0 Å². The molecule has 0 bridgehead atoms. The Hall–Kier alpha value is -1.46. The number of hydrogen-bond donors (Lipinski definition) is 1.